The number of hydrogen-bond acceptors (Lipinski definition) is 3. The molecule has 0 aromatic rings. The molecule has 3 nitrogen and oxygen atoms in total. The van der Waals surface area contributed by atoms with Crippen LogP contribution in [0.25, 0.3) is 0 Å². The molecule has 0 heterocycles. The quantitative estimate of drug-likeness (QED) is 0.307. The molecule has 0 rings (SSSR count). The van der Waals surface area contributed by atoms with Gasteiger partial charge in [0.1, 0.15) is 0 Å². The first kappa shape index (κ1) is 19.7. The molecule has 0 radical (unpaired) electrons. The van der Waals surface area contributed by atoms with Crippen molar-refractivity contribution in [1.82, 2.24) is 0 Å². The van der Waals surface area contributed by atoms with E-state index in [4.69, 9.17) is 0 Å². The molecule has 0 fully saturated rings. The van der Waals surface area contributed by atoms with Crippen LogP contribution in [0.2, 0.25) is 0 Å². The van der Waals surface area contributed by atoms with Crippen LogP contribution in [0.4, 0.5) is 30.7 Å². The molecule has 1 atom stereocenters. The lowest BCUT2D eigenvalue weighted by Gasteiger charge is -2.32. The van der Waals surface area contributed by atoms with E-state index < -0.39 is 36.9 Å². The first-order chi connectivity index (χ1) is 9.39. The summed E-state index contributed by atoms with van der Waals surface area (Å²) in [5.41, 5.74) is 0. The van der Waals surface area contributed by atoms with Crippen molar-refractivity contribution in [1.29, 1.82) is 0 Å². The van der Waals surface area contributed by atoms with Crippen molar-refractivity contribution in [3.05, 3.63) is 12.7 Å². The summed E-state index contributed by atoms with van der Waals surface area (Å²) in [6.45, 7) is 4.49. The normalized spacial score (nSPS) is 14.7. The van der Waals surface area contributed by atoms with Gasteiger partial charge in [-0.3, -0.25) is 4.74 Å². The average molecular weight is 326 g/mol. The highest BCUT2D eigenvalue weighted by Crippen LogP contribution is 2.48. The number of carbonyl (C=O) groups is 1. The van der Waals surface area contributed by atoms with Crippen molar-refractivity contribution in [2.45, 2.75) is 50.7 Å². The van der Waals surface area contributed by atoms with E-state index in [2.05, 4.69) is 16.1 Å². The Balaban J connectivity index is 5.31. The molecule has 0 aromatic carbocycles. The molecule has 0 bridgehead atoms. The fourth-order valence-corrected chi connectivity index (χ4v) is 1.17. The van der Waals surface area contributed by atoms with Crippen LogP contribution in [0.1, 0.15) is 26.2 Å². The summed E-state index contributed by atoms with van der Waals surface area (Å²) < 4.78 is 94.9. The van der Waals surface area contributed by atoms with Gasteiger partial charge in [-0.1, -0.05) is 19.9 Å². The lowest BCUT2D eigenvalue weighted by Crippen LogP contribution is -2.57. The number of esters is 1. The third kappa shape index (κ3) is 5.18. The third-order valence-corrected chi connectivity index (χ3v) is 2.23. The van der Waals surface area contributed by atoms with Crippen LogP contribution in [0.3, 0.4) is 0 Å². The van der Waals surface area contributed by atoms with Crippen molar-refractivity contribution in [2.24, 2.45) is 0 Å². The van der Waals surface area contributed by atoms with Gasteiger partial charge >= 0.3 is 24.2 Å². The van der Waals surface area contributed by atoms with E-state index in [0.717, 1.165) is 0 Å². The van der Waals surface area contributed by atoms with Gasteiger partial charge in [0.2, 0.25) is 6.29 Å². The maximum atomic E-state index is 13.3. The highest BCUT2D eigenvalue weighted by atomic mass is 19.4. The maximum absolute atomic E-state index is 13.3. The largest absolute Gasteiger partial charge is 0.458 e. The second-order valence-corrected chi connectivity index (χ2v) is 3.92. The van der Waals surface area contributed by atoms with Crippen LogP contribution in [0.5, 0.6) is 0 Å². The second-order valence-electron chi connectivity index (χ2n) is 3.92. The van der Waals surface area contributed by atoms with Crippen molar-refractivity contribution in [2.75, 3.05) is 0 Å². The lowest BCUT2D eigenvalue weighted by molar-refractivity contribution is -0.452. The molecule has 0 aliphatic carbocycles. The summed E-state index contributed by atoms with van der Waals surface area (Å²) >= 11 is 0. The van der Waals surface area contributed by atoms with Crippen LogP contribution in [-0.2, 0) is 14.3 Å². The van der Waals surface area contributed by atoms with E-state index in [-0.39, 0.29) is 6.42 Å². The summed E-state index contributed by atoms with van der Waals surface area (Å²) in [4.78, 5) is 10.9. The first-order valence-electron chi connectivity index (χ1n) is 5.72. The van der Waals surface area contributed by atoms with E-state index in [1.807, 2.05) is 0 Å². The van der Waals surface area contributed by atoms with Gasteiger partial charge in [-0.25, -0.2) is 4.79 Å². The Kier molecular flexibility index (Phi) is 6.65. The predicted octanol–water partition coefficient (Wildman–Crippen LogP) is 4.04. The van der Waals surface area contributed by atoms with Gasteiger partial charge in [0.05, 0.1) is 0 Å². The number of ether oxygens (including phenoxy) is 2. The fraction of sp³-hybridized carbons (Fsp3) is 0.727. The molecule has 0 aromatic heterocycles. The van der Waals surface area contributed by atoms with E-state index in [1.54, 1.807) is 6.92 Å². The number of alkyl halides is 7. The molecule has 0 N–H and O–H groups in total. The van der Waals surface area contributed by atoms with Gasteiger partial charge in [-0.05, 0) is 6.42 Å². The zero-order valence-electron chi connectivity index (χ0n) is 10.9. The number of carbonyl (C=O) groups excluding carboxylic acids is 1. The average Bonchev–Trinajstić information content (AvgIpc) is 2.32. The van der Waals surface area contributed by atoms with Crippen molar-refractivity contribution in [3.63, 3.8) is 0 Å². The summed E-state index contributed by atoms with van der Waals surface area (Å²) in [6, 6.07) is 0. The van der Waals surface area contributed by atoms with Crippen LogP contribution >= 0.6 is 0 Å². The van der Waals surface area contributed by atoms with Crippen LogP contribution in [-0.4, -0.2) is 30.5 Å². The molecule has 0 amide bonds. The van der Waals surface area contributed by atoms with Gasteiger partial charge in [0.25, 0.3) is 0 Å². The van der Waals surface area contributed by atoms with E-state index in [9.17, 15) is 35.5 Å². The van der Waals surface area contributed by atoms with E-state index >= 15 is 0 Å². The minimum absolute atomic E-state index is 0.0564. The summed E-state index contributed by atoms with van der Waals surface area (Å²) in [5, 5.41) is 0. The van der Waals surface area contributed by atoms with Gasteiger partial charge in [-0.15, -0.1) is 0 Å². The third-order valence-electron chi connectivity index (χ3n) is 2.23. The molecular formula is C11H13F7O3. The molecule has 0 saturated carbocycles. The molecule has 0 aliphatic heterocycles. The monoisotopic (exact) mass is 326 g/mol. The van der Waals surface area contributed by atoms with Crippen molar-refractivity contribution in [3.8, 4) is 0 Å². The minimum atomic E-state index is -6.38. The topological polar surface area (TPSA) is 35.5 Å². The Labute approximate surface area is 115 Å². The van der Waals surface area contributed by atoms with Gasteiger partial charge in [-0.2, -0.15) is 30.7 Å². The molecule has 0 aliphatic rings. The minimum Gasteiger partial charge on any atom is -0.432 e. The molecular weight excluding hydrogens is 313 g/mol. The number of rotatable bonds is 7. The Bertz CT molecular complexity index is 348. The standard InChI is InChI=1S/C11H13F7O3/c1-3-5-6-8(20-7(19)4-2)21-9(12,10(13,14)15)11(16,17)18/h4,8H,2-3,5-6H2,1H3/t8-/m0/s1. The Hall–Kier alpha value is -1.32. The molecule has 21 heavy (non-hydrogen) atoms. The highest BCUT2D eigenvalue weighted by Gasteiger charge is 2.75. The van der Waals surface area contributed by atoms with Crippen molar-refractivity contribution < 1.29 is 45.0 Å². The number of halogens is 7. The zero-order chi connectivity index (χ0) is 16.9. The van der Waals surface area contributed by atoms with Gasteiger partial charge in [0.15, 0.2) is 0 Å². The molecule has 124 valence electrons. The summed E-state index contributed by atoms with van der Waals surface area (Å²) in [7, 11) is 0. The second kappa shape index (κ2) is 7.10. The van der Waals surface area contributed by atoms with E-state index in [1.165, 1.54) is 0 Å². The molecule has 0 saturated heterocycles. The molecule has 10 heteroatoms. The fourth-order valence-electron chi connectivity index (χ4n) is 1.17. The van der Waals surface area contributed by atoms with Crippen molar-refractivity contribution >= 4 is 5.97 Å². The smallest absolute Gasteiger partial charge is 0.432 e. The molecule has 0 spiro atoms. The zero-order valence-corrected chi connectivity index (χ0v) is 10.9. The Morgan fingerprint density at radius 1 is 1.14 bits per heavy atom. The van der Waals surface area contributed by atoms with E-state index in [0.29, 0.717) is 12.5 Å². The highest BCUT2D eigenvalue weighted by molar-refractivity contribution is 5.81. The van der Waals surface area contributed by atoms with Crippen LogP contribution < -0.4 is 0 Å². The van der Waals surface area contributed by atoms with Crippen LogP contribution in [0, 0.1) is 0 Å². The van der Waals surface area contributed by atoms with Gasteiger partial charge in [0, 0.05) is 12.5 Å². The number of unbranched alkanes of at least 4 members (excludes halogenated alkanes) is 1. The van der Waals surface area contributed by atoms with Crippen LogP contribution in [0.15, 0.2) is 12.7 Å². The summed E-state index contributed by atoms with van der Waals surface area (Å²) in [5.74, 6) is -7.26. The Morgan fingerprint density at radius 2 is 1.62 bits per heavy atom. The number of hydrogen-bond donors (Lipinski definition) is 0. The van der Waals surface area contributed by atoms with Gasteiger partial charge < -0.3 is 4.74 Å². The lowest BCUT2D eigenvalue weighted by atomic mass is 10.2. The first-order valence-corrected chi connectivity index (χ1v) is 5.72. The molecule has 0 unspecified atom stereocenters. The summed E-state index contributed by atoms with van der Waals surface area (Å²) in [6.07, 6.45) is -14.7. The SMILES string of the molecule is C=CC(=O)O[C@H](CCCC)OC(F)(C(F)(F)F)C(F)(F)F. The Morgan fingerprint density at radius 3 is 1.95 bits per heavy atom. The maximum Gasteiger partial charge on any atom is 0.458 e. The predicted molar refractivity (Wildman–Crippen MR) is 56.6 cm³/mol.